The highest BCUT2D eigenvalue weighted by Crippen LogP contribution is 2.04. The molecule has 0 saturated carbocycles. The van der Waals surface area contributed by atoms with Gasteiger partial charge in [0.25, 0.3) is 0 Å². The van der Waals surface area contributed by atoms with Crippen molar-refractivity contribution in [1.82, 2.24) is 0 Å². The Balaban J connectivity index is 3.37. The van der Waals surface area contributed by atoms with E-state index >= 15 is 0 Å². The lowest BCUT2D eigenvalue weighted by molar-refractivity contribution is 0.000747. The van der Waals surface area contributed by atoms with E-state index in [1.807, 2.05) is 0 Å². The van der Waals surface area contributed by atoms with Crippen molar-refractivity contribution in [2.24, 2.45) is 0 Å². The summed E-state index contributed by atoms with van der Waals surface area (Å²) in [6, 6.07) is 0. The van der Waals surface area contributed by atoms with Crippen LogP contribution >= 0.6 is 11.6 Å². The first-order valence-corrected chi connectivity index (χ1v) is 2.93. The number of alkyl halides is 1. The van der Waals surface area contributed by atoms with Crippen molar-refractivity contribution in [3.63, 3.8) is 0 Å². The minimum Gasteiger partial charge on any atom is -0.387 e. The van der Waals surface area contributed by atoms with Crippen LogP contribution in [0.15, 0.2) is 0 Å². The molecule has 0 aliphatic heterocycles. The zero-order chi connectivity index (χ0) is 6.62. The van der Waals surface area contributed by atoms with Crippen molar-refractivity contribution in [3.8, 4) is 0 Å². The van der Waals surface area contributed by atoms with Crippen molar-refractivity contribution < 1.29 is 9.84 Å². The maximum absolute atomic E-state index is 9.07. The standard InChI is InChI=1S/C5H11ClO2/c1-5(7,3-6)4-8-2/h7H,3-4H2,1-2H3. The van der Waals surface area contributed by atoms with Gasteiger partial charge in [-0.1, -0.05) is 0 Å². The van der Waals surface area contributed by atoms with Crippen LogP contribution in [-0.2, 0) is 4.74 Å². The van der Waals surface area contributed by atoms with Crippen LogP contribution in [0.2, 0.25) is 0 Å². The third-order valence-electron chi connectivity index (χ3n) is 0.743. The van der Waals surface area contributed by atoms with E-state index in [-0.39, 0.29) is 12.5 Å². The molecule has 0 saturated heterocycles. The Kier molecular flexibility index (Phi) is 3.36. The molecule has 0 bridgehead atoms. The van der Waals surface area contributed by atoms with Crippen LogP contribution in [0.25, 0.3) is 0 Å². The minimum absolute atomic E-state index is 0.209. The fourth-order valence-corrected chi connectivity index (χ4v) is 0.427. The predicted octanol–water partition coefficient (Wildman–Crippen LogP) is 0.623. The lowest BCUT2D eigenvalue weighted by Crippen LogP contribution is -2.31. The number of hydrogen-bond donors (Lipinski definition) is 1. The fourth-order valence-electron chi connectivity index (χ4n) is 0.350. The van der Waals surface area contributed by atoms with Crippen molar-refractivity contribution in [3.05, 3.63) is 0 Å². The maximum Gasteiger partial charge on any atom is 0.0986 e. The molecule has 0 spiro atoms. The van der Waals surface area contributed by atoms with E-state index in [2.05, 4.69) is 4.74 Å². The first-order valence-electron chi connectivity index (χ1n) is 2.39. The lowest BCUT2D eigenvalue weighted by Gasteiger charge is -2.17. The molecule has 0 aromatic rings. The Morgan fingerprint density at radius 2 is 2.25 bits per heavy atom. The SMILES string of the molecule is COCC(C)(O)CCl. The molecule has 1 atom stereocenters. The molecular formula is C5H11ClO2. The van der Waals surface area contributed by atoms with E-state index in [1.54, 1.807) is 6.92 Å². The lowest BCUT2D eigenvalue weighted by atomic mass is 10.2. The van der Waals surface area contributed by atoms with Crippen LogP contribution < -0.4 is 0 Å². The largest absolute Gasteiger partial charge is 0.387 e. The summed E-state index contributed by atoms with van der Waals surface area (Å²) in [5.74, 6) is 0.209. The van der Waals surface area contributed by atoms with E-state index in [1.165, 1.54) is 7.11 Å². The van der Waals surface area contributed by atoms with Crippen molar-refractivity contribution in [2.45, 2.75) is 12.5 Å². The summed E-state index contributed by atoms with van der Waals surface area (Å²) in [5.41, 5.74) is -0.865. The topological polar surface area (TPSA) is 29.5 Å². The highest BCUT2D eigenvalue weighted by molar-refractivity contribution is 6.18. The Hall–Kier alpha value is 0.210. The number of hydrogen-bond acceptors (Lipinski definition) is 2. The third-order valence-corrected chi connectivity index (χ3v) is 1.32. The summed E-state index contributed by atoms with van der Waals surface area (Å²) in [6.07, 6.45) is 0. The molecule has 0 fully saturated rings. The van der Waals surface area contributed by atoms with Crippen molar-refractivity contribution >= 4 is 11.6 Å². The van der Waals surface area contributed by atoms with Gasteiger partial charge in [0, 0.05) is 7.11 Å². The molecule has 0 amide bonds. The second-order valence-corrected chi connectivity index (χ2v) is 2.33. The average Bonchev–Trinajstić information content (AvgIpc) is 1.67. The van der Waals surface area contributed by atoms with Gasteiger partial charge in [0.05, 0.1) is 18.1 Å². The number of ether oxygens (including phenoxy) is 1. The second kappa shape index (κ2) is 3.28. The molecule has 1 unspecified atom stereocenters. The second-order valence-electron chi connectivity index (χ2n) is 2.06. The fraction of sp³-hybridized carbons (Fsp3) is 1.00. The molecule has 0 aliphatic carbocycles. The van der Waals surface area contributed by atoms with Gasteiger partial charge in [0.2, 0.25) is 0 Å². The van der Waals surface area contributed by atoms with E-state index in [9.17, 15) is 0 Å². The first-order chi connectivity index (χ1) is 3.62. The minimum atomic E-state index is -0.865. The maximum atomic E-state index is 9.07. The Morgan fingerprint density at radius 3 is 2.38 bits per heavy atom. The smallest absolute Gasteiger partial charge is 0.0986 e. The number of halogens is 1. The summed E-state index contributed by atoms with van der Waals surface area (Å²) in [7, 11) is 1.53. The zero-order valence-electron chi connectivity index (χ0n) is 5.15. The van der Waals surface area contributed by atoms with E-state index in [0.29, 0.717) is 0 Å². The van der Waals surface area contributed by atoms with Gasteiger partial charge in [-0.25, -0.2) is 0 Å². The Labute approximate surface area is 54.4 Å². The van der Waals surface area contributed by atoms with Crippen molar-refractivity contribution in [2.75, 3.05) is 19.6 Å². The molecule has 0 aliphatic rings. The highest BCUT2D eigenvalue weighted by Gasteiger charge is 2.17. The van der Waals surface area contributed by atoms with Gasteiger partial charge in [0.1, 0.15) is 0 Å². The van der Waals surface area contributed by atoms with Gasteiger partial charge >= 0.3 is 0 Å². The Bertz CT molecular complexity index is 63.4. The van der Waals surface area contributed by atoms with Gasteiger partial charge in [-0.05, 0) is 6.92 Å². The Morgan fingerprint density at radius 1 is 1.75 bits per heavy atom. The van der Waals surface area contributed by atoms with Gasteiger partial charge in [-0.3, -0.25) is 0 Å². The van der Waals surface area contributed by atoms with E-state index < -0.39 is 5.60 Å². The number of methoxy groups -OCH3 is 1. The molecule has 8 heavy (non-hydrogen) atoms. The van der Waals surface area contributed by atoms with Crippen molar-refractivity contribution in [1.29, 1.82) is 0 Å². The summed E-state index contributed by atoms with van der Waals surface area (Å²) >= 11 is 5.34. The van der Waals surface area contributed by atoms with E-state index in [0.717, 1.165) is 0 Å². The van der Waals surface area contributed by atoms with E-state index in [4.69, 9.17) is 16.7 Å². The van der Waals surface area contributed by atoms with Gasteiger partial charge in [-0.2, -0.15) is 0 Å². The van der Waals surface area contributed by atoms with Gasteiger partial charge in [-0.15, -0.1) is 11.6 Å². The molecule has 0 aromatic heterocycles. The van der Waals surface area contributed by atoms with Crippen LogP contribution in [0.4, 0.5) is 0 Å². The zero-order valence-corrected chi connectivity index (χ0v) is 5.90. The summed E-state index contributed by atoms with van der Waals surface area (Å²) in [4.78, 5) is 0. The molecule has 2 nitrogen and oxygen atoms in total. The molecule has 0 heterocycles. The quantitative estimate of drug-likeness (QED) is 0.580. The molecule has 50 valence electrons. The molecule has 0 aromatic carbocycles. The molecule has 3 heteroatoms. The van der Waals surface area contributed by atoms with Crippen LogP contribution in [0, 0.1) is 0 Å². The van der Waals surface area contributed by atoms with Crippen LogP contribution in [0.3, 0.4) is 0 Å². The highest BCUT2D eigenvalue weighted by atomic mass is 35.5. The third kappa shape index (κ3) is 3.24. The number of aliphatic hydroxyl groups is 1. The van der Waals surface area contributed by atoms with Crippen LogP contribution in [0.1, 0.15) is 6.92 Å². The molecular weight excluding hydrogens is 128 g/mol. The van der Waals surface area contributed by atoms with Crippen LogP contribution in [-0.4, -0.2) is 30.3 Å². The van der Waals surface area contributed by atoms with Crippen LogP contribution in [0.5, 0.6) is 0 Å². The monoisotopic (exact) mass is 138 g/mol. The van der Waals surface area contributed by atoms with Gasteiger partial charge in [0.15, 0.2) is 0 Å². The predicted molar refractivity (Wildman–Crippen MR) is 33.2 cm³/mol. The summed E-state index contributed by atoms with van der Waals surface area (Å²) < 4.78 is 4.66. The first kappa shape index (κ1) is 8.21. The van der Waals surface area contributed by atoms with Gasteiger partial charge < -0.3 is 9.84 Å². The summed E-state index contributed by atoms with van der Waals surface area (Å²) in [6.45, 7) is 1.92. The molecule has 0 radical (unpaired) electrons. The molecule has 0 rings (SSSR count). The number of rotatable bonds is 3. The molecule has 1 N–H and O–H groups in total. The summed E-state index contributed by atoms with van der Waals surface area (Å²) in [5, 5.41) is 9.07. The normalized spacial score (nSPS) is 18.0. The average molecular weight is 139 g/mol.